The summed E-state index contributed by atoms with van der Waals surface area (Å²) in [5, 5.41) is 61.9. The van der Waals surface area contributed by atoms with Crippen LogP contribution in [0.2, 0.25) is 0 Å². The lowest BCUT2D eigenvalue weighted by Gasteiger charge is -2.43. The fraction of sp³-hybridized carbons (Fsp3) is 0.478. The Kier molecular flexibility index (Phi) is 26.8. The topological polar surface area (TPSA) is 226 Å². The van der Waals surface area contributed by atoms with Gasteiger partial charge in [0.1, 0.15) is 0 Å². The van der Waals surface area contributed by atoms with Gasteiger partial charge in [0.15, 0.2) is 0 Å². The van der Waals surface area contributed by atoms with E-state index < -0.39 is 30.1 Å². The molecule has 4 aromatic heterocycles. The van der Waals surface area contributed by atoms with Gasteiger partial charge < -0.3 is 72.2 Å². The molecule has 136 heavy (non-hydrogen) atoms. The van der Waals surface area contributed by atoms with E-state index in [0.29, 0.717) is 109 Å². The van der Waals surface area contributed by atoms with Crippen molar-refractivity contribution in [3.05, 3.63) is 284 Å². The molecule has 0 amide bonds. The second-order valence-electron chi connectivity index (χ2n) is 41.0. The maximum atomic E-state index is 12.9. The van der Waals surface area contributed by atoms with Crippen molar-refractivity contribution in [1.82, 2.24) is 28.3 Å². The average molecular weight is 1830 g/mol. The summed E-state index contributed by atoms with van der Waals surface area (Å²) in [5.74, 6) is 0.907. The minimum atomic E-state index is -0.753. The van der Waals surface area contributed by atoms with Gasteiger partial charge in [0.2, 0.25) is 0 Å². The van der Waals surface area contributed by atoms with Gasteiger partial charge in [-0.25, -0.2) is 0 Å². The highest BCUT2D eigenvalue weighted by atomic mass is 16.5. The number of nitrogens with zero attached hydrogens (tertiary/aromatic N) is 8. The zero-order valence-electron chi connectivity index (χ0n) is 78.7. The summed E-state index contributed by atoms with van der Waals surface area (Å²) >= 11 is 0. The molecule has 708 valence electrons. The molecular formula is C115H130N8O13. The van der Waals surface area contributed by atoms with Gasteiger partial charge >= 0.3 is 11.9 Å². The molecule has 4 fully saturated rings. The second-order valence-corrected chi connectivity index (χ2v) is 41.0. The smallest absolute Gasteiger partial charge is 0.311 e. The van der Waals surface area contributed by atoms with Gasteiger partial charge in [-0.2, -0.15) is 23.1 Å². The van der Waals surface area contributed by atoms with E-state index in [0.717, 1.165) is 115 Å². The van der Waals surface area contributed by atoms with Gasteiger partial charge in [-0.3, -0.25) is 9.59 Å². The van der Waals surface area contributed by atoms with Crippen LogP contribution < -0.4 is 0 Å². The highest BCUT2D eigenvalue weighted by molar-refractivity contribution is 5.92. The highest BCUT2D eigenvalue weighted by Crippen LogP contribution is 2.55. The normalized spacial score (nSPS) is 28.8. The van der Waals surface area contributed by atoms with Gasteiger partial charge in [-0.1, -0.05) is 185 Å². The molecule has 0 radical (unpaired) electrons. The Morgan fingerprint density at radius 1 is 0.360 bits per heavy atom. The zero-order valence-corrected chi connectivity index (χ0v) is 78.7. The molecule has 6 aliphatic carbocycles. The Morgan fingerprint density at radius 2 is 0.662 bits per heavy atom. The van der Waals surface area contributed by atoms with Crippen LogP contribution in [0.5, 0.6) is 0 Å². The van der Waals surface area contributed by atoms with E-state index in [2.05, 4.69) is 217 Å². The first-order chi connectivity index (χ1) is 66.7. The lowest BCUT2D eigenvalue weighted by Crippen LogP contribution is -2.47. The SMILES string of the molecule is C[C@H]1CC[C@H]2CCCCc3c4n(c5ccccc35)-c3ccccc3CO[C@H]4C[C@@H]2[C@H]1CO.OC[C@@H]1[C@H]2C[C@@H]3OCc4ccccc4-n4c3c(c3ccccc34)CCCC[C@@H]2CC[C@@H]1O.[C-]#[N+]N1CCc2c3n(c4ccccc24)-c2ccccc2CO[C@H]3C[C@H]2[C@@H](CC[C@H](O)[C@@H]2C(=O)OC)C1.[C-]#[N+]N1CCc2c3n(c4ccccc24)-c2ccccc2CO[C@H]3C[C@H]2[C@@H](CC[C@H](O)[C@@H]2C(=O)OC)C1. The fourth-order valence-electron chi connectivity index (χ4n) is 27.7. The van der Waals surface area contributed by atoms with Crippen molar-refractivity contribution in [2.45, 2.75) is 217 Å². The van der Waals surface area contributed by atoms with Crippen LogP contribution in [-0.2, 0) is 90.1 Å². The van der Waals surface area contributed by atoms with Crippen LogP contribution in [0.1, 0.15) is 214 Å². The number of carbonyl (C=O) groups is 2. The number of methoxy groups -OCH3 is 2. The van der Waals surface area contributed by atoms with Gasteiger partial charge in [-0.15, -0.1) is 10.0 Å². The van der Waals surface area contributed by atoms with Crippen molar-refractivity contribution in [2.75, 3.05) is 53.6 Å². The van der Waals surface area contributed by atoms with Crippen molar-refractivity contribution in [1.29, 1.82) is 0 Å². The van der Waals surface area contributed by atoms with E-state index in [1.165, 1.54) is 154 Å². The third kappa shape index (κ3) is 16.9. The van der Waals surface area contributed by atoms with Crippen molar-refractivity contribution < 1.29 is 63.5 Å². The molecule has 5 N–H and O–H groups in total. The van der Waals surface area contributed by atoms with Crippen molar-refractivity contribution in [3.8, 4) is 22.7 Å². The Balaban J connectivity index is 0.000000109. The summed E-state index contributed by atoms with van der Waals surface area (Å²) in [6, 6.07) is 68.7. The fourth-order valence-corrected chi connectivity index (χ4v) is 27.7. The van der Waals surface area contributed by atoms with Crippen LogP contribution in [0.3, 0.4) is 0 Å². The van der Waals surface area contributed by atoms with E-state index >= 15 is 0 Å². The van der Waals surface area contributed by atoms with E-state index in [-0.39, 0.29) is 78.5 Å². The molecule has 10 heterocycles. The molecule has 0 unspecified atom stereocenters. The summed E-state index contributed by atoms with van der Waals surface area (Å²) in [7, 11) is 2.78. The van der Waals surface area contributed by atoms with Crippen LogP contribution in [-0.4, -0.2) is 138 Å². The molecule has 0 saturated heterocycles. The maximum Gasteiger partial charge on any atom is 0.311 e. The Labute approximate surface area is 797 Å². The number of fused-ring (bicyclic) bond motifs is 24. The molecule has 24 rings (SSSR count). The third-order valence-electron chi connectivity index (χ3n) is 34.2. The molecular weight excluding hydrogens is 1700 g/mol. The maximum absolute atomic E-state index is 12.9. The zero-order chi connectivity index (χ0) is 92.9. The molecule has 6 aliphatic heterocycles. The molecule has 21 nitrogen and oxygen atoms in total. The first kappa shape index (κ1) is 91.5. The lowest BCUT2D eigenvalue weighted by atomic mass is 9.64. The molecule has 20 atom stereocenters. The van der Waals surface area contributed by atoms with Crippen LogP contribution >= 0.6 is 0 Å². The lowest BCUT2D eigenvalue weighted by molar-refractivity contribution is -0.159. The Hall–Kier alpha value is -10.9. The molecule has 8 aromatic carbocycles. The van der Waals surface area contributed by atoms with E-state index in [1.807, 2.05) is 22.2 Å². The number of carbonyl (C=O) groups excluding carboxylic acids is 2. The number of aliphatic hydroxyl groups is 5. The number of benzene rings is 8. The average Bonchev–Trinajstić information content (AvgIpc) is 1.60. The van der Waals surface area contributed by atoms with Crippen LogP contribution in [0, 0.1) is 90.1 Å². The molecule has 12 aromatic rings. The Bertz CT molecular complexity index is 6070. The predicted molar refractivity (Wildman–Crippen MR) is 525 cm³/mol. The van der Waals surface area contributed by atoms with E-state index in [9.17, 15) is 35.1 Å². The number of aromatic nitrogens is 4. The van der Waals surface area contributed by atoms with Crippen LogP contribution in [0.15, 0.2) is 194 Å². The van der Waals surface area contributed by atoms with E-state index in [1.54, 1.807) is 0 Å². The van der Waals surface area contributed by atoms with Crippen molar-refractivity contribution in [3.63, 3.8) is 0 Å². The van der Waals surface area contributed by atoms with Crippen molar-refractivity contribution in [2.24, 2.45) is 76.9 Å². The van der Waals surface area contributed by atoms with Gasteiger partial charge in [0.25, 0.3) is 0 Å². The number of para-hydroxylation sites is 8. The minimum Gasteiger partial charge on any atom is -0.469 e. The van der Waals surface area contributed by atoms with Crippen molar-refractivity contribution >= 4 is 55.6 Å². The number of hydrogen-bond donors (Lipinski definition) is 5. The summed E-state index contributed by atoms with van der Waals surface area (Å²) in [4.78, 5) is 33.6. The highest BCUT2D eigenvalue weighted by Gasteiger charge is 2.51. The Morgan fingerprint density at radius 3 is 1.01 bits per heavy atom. The predicted octanol–water partition coefficient (Wildman–Crippen LogP) is 20.8. The molecule has 0 spiro atoms. The summed E-state index contributed by atoms with van der Waals surface area (Å²) in [5.41, 5.74) is 24.5. The number of rotatable bonds is 4. The summed E-state index contributed by atoms with van der Waals surface area (Å²) in [6.07, 6.45) is 18.8. The minimum absolute atomic E-state index is 0.0326. The largest absolute Gasteiger partial charge is 0.469 e. The first-order valence-electron chi connectivity index (χ1n) is 50.7. The molecule has 4 saturated carbocycles. The van der Waals surface area contributed by atoms with Gasteiger partial charge in [0.05, 0.1) is 189 Å². The van der Waals surface area contributed by atoms with Crippen LogP contribution in [0.4, 0.5) is 0 Å². The second kappa shape index (κ2) is 39.9. The number of esters is 2. The quantitative estimate of drug-likeness (QED) is 0.0816. The number of aliphatic hydroxyl groups excluding tert-OH is 5. The molecule has 0 bridgehead atoms. The number of hydrogen-bond acceptors (Lipinski definition) is 15. The third-order valence-corrected chi connectivity index (χ3v) is 34.2. The summed E-state index contributed by atoms with van der Waals surface area (Å²) in [6.45, 7) is 23.0. The molecule has 12 aliphatic rings. The number of ether oxygens (including phenoxy) is 6. The standard InChI is InChI=1S/2C29H31N3O4.C29H35NO2.C28H33NO3/c2*1-30-31-14-13-21-20-8-4-6-10-24(20)32-23-9-5-3-7-19(23)17-36-26(28(21)32)15-22-18(16-31)11-12-25(33)27(22)29(34)35-2;1-19-14-15-20-8-2-4-11-23-22-10-5-7-13-27(22)30-26-12-6-3-9-21(26)18-32-28(29(23)30)16-24(20)25(19)17-31;30-16-23-22-15-27-28-21(10-3-1-7-18(22)13-14-26(23)31)20-9-4-6-12-25(20)29(28)24-11-5-2-8-19(24)17-32-27/h2*3-10,18,22,25-27,33H,11-17H2,2H3;3,5-7,9-10,12-13,19-20,24-25,28,31H,2,4,8,11,14-18H2,1H3;2,4-6,8-9,11-12,18,22-23,26-27,30-31H,1,3,7,10,13-17H2/t2*18-,22-,25-,26-,27+;19-,20+,24-,25-,28-;18-,22+,23-,26+,27+/m0001/s1. The first-order valence-corrected chi connectivity index (χ1v) is 50.7. The van der Waals surface area contributed by atoms with E-state index in [4.69, 9.17) is 41.6 Å². The molecule has 21 heteroatoms. The van der Waals surface area contributed by atoms with Crippen LogP contribution in [0.25, 0.3) is 76.3 Å². The van der Waals surface area contributed by atoms with Gasteiger partial charge in [0, 0.05) is 62.9 Å². The summed E-state index contributed by atoms with van der Waals surface area (Å²) < 4.78 is 46.8. The van der Waals surface area contributed by atoms with Gasteiger partial charge in [-0.05, 0) is 239 Å². The number of aryl methyl sites for hydroxylation is 2. The monoisotopic (exact) mass is 1830 g/mol.